The second kappa shape index (κ2) is 6.70. The zero-order chi connectivity index (χ0) is 19.0. The Bertz CT molecular complexity index is 873. The fraction of sp³-hybridized carbons (Fsp3) is 0.333. The van der Waals surface area contributed by atoms with Crippen LogP contribution in [0, 0.1) is 13.8 Å². The molecule has 27 heavy (non-hydrogen) atoms. The topological polar surface area (TPSA) is 64.7 Å². The lowest BCUT2D eigenvalue weighted by molar-refractivity contribution is 0.0640. The zero-order valence-electron chi connectivity index (χ0n) is 15.7. The third-order valence-corrected chi connectivity index (χ3v) is 5.55. The molecule has 2 aromatic rings. The number of nitrogens with one attached hydrogen (secondary N) is 2. The van der Waals surface area contributed by atoms with E-state index in [2.05, 4.69) is 10.7 Å². The Balaban J connectivity index is 1.43. The predicted molar refractivity (Wildman–Crippen MR) is 104 cm³/mol. The third-order valence-electron chi connectivity index (χ3n) is 5.55. The second-order valence-electron chi connectivity index (χ2n) is 7.39. The Morgan fingerprint density at radius 2 is 1.70 bits per heavy atom. The maximum Gasteiger partial charge on any atom is 0.338 e. The van der Waals surface area contributed by atoms with E-state index in [0.717, 1.165) is 16.8 Å². The van der Waals surface area contributed by atoms with Crippen molar-refractivity contribution in [3.8, 4) is 0 Å². The minimum atomic E-state index is -0.493. The van der Waals surface area contributed by atoms with Crippen LogP contribution in [0.4, 0.5) is 10.5 Å². The number of para-hydroxylation sites is 1. The van der Waals surface area contributed by atoms with E-state index in [1.807, 2.05) is 67.3 Å². The molecule has 3 amide bonds. The number of hydrogen-bond acceptors (Lipinski definition) is 3. The van der Waals surface area contributed by atoms with E-state index in [1.54, 1.807) is 5.01 Å². The summed E-state index contributed by atoms with van der Waals surface area (Å²) in [6.07, 6.45) is 1.33. The molecule has 0 aromatic heterocycles. The maximum atomic E-state index is 12.8. The Morgan fingerprint density at radius 3 is 2.37 bits per heavy atom. The second-order valence-corrected chi connectivity index (χ2v) is 7.39. The molecule has 0 bridgehead atoms. The van der Waals surface area contributed by atoms with Gasteiger partial charge in [0.05, 0.1) is 5.69 Å². The van der Waals surface area contributed by atoms with Crippen LogP contribution < -0.4 is 15.8 Å². The van der Waals surface area contributed by atoms with Crippen molar-refractivity contribution >= 4 is 17.6 Å². The molecule has 0 radical (unpaired) electrons. The quantitative estimate of drug-likeness (QED) is 0.861. The molecule has 2 saturated heterocycles. The van der Waals surface area contributed by atoms with Gasteiger partial charge >= 0.3 is 6.03 Å². The average Bonchev–Trinajstić information content (AvgIpc) is 3.00. The number of amides is 3. The monoisotopic (exact) mass is 364 g/mol. The highest BCUT2D eigenvalue weighted by atomic mass is 16.2. The summed E-state index contributed by atoms with van der Waals surface area (Å²) in [5.74, 6) is 0.0530. The molecule has 1 spiro atoms. The number of hydrogen-bond donors (Lipinski definition) is 2. The van der Waals surface area contributed by atoms with Crippen molar-refractivity contribution in [3.63, 3.8) is 0 Å². The van der Waals surface area contributed by atoms with Crippen LogP contribution >= 0.6 is 0 Å². The summed E-state index contributed by atoms with van der Waals surface area (Å²) in [5.41, 5.74) is 6.67. The van der Waals surface area contributed by atoms with Crippen molar-refractivity contribution < 1.29 is 9.59 Å². The molecule has 6 nitrogen and oxygen atoms in total. The number of likely N-dealkylation sites (tertiary alicyclic amines) is 1. The molecule has 0 unspecified atom stereocenters. The summed E-state index contributed by atoms with van der Waals surface area (Å²) in [4.78, 5) is 27.1. The van der Waals surface area contributed by atoms with Crippen LogP contribution in [0.3, 0.4) is 0 Å². The Kier molecular flexibility index (Phi) is 4.36. The van der Waals surface area contributed by atoms with Crippen molar-refractivity contribution in [1.82, 2.24) is 15.6 Å². The molecule has 2 aliphatic heterocycles. The first-order chi connectivity index (χ1) is 13.0. The number of benzene rings is 2. The summed E-state index contributed by atoms with van der Waals surface area (Å²) in [5, 5.41) is 4.63. The molecule has 2 aliphatic rings. The predicted octanol–water partition coefficient (Wildman–Crippen LogP) is 2.97. The number of urea groups is 1. The van der Waals surface area contributed by atoms with Gasteiger partial charge in [-0.05, 0) is 49.2 Å². The van der Waals surface area contributed by atoms with Crippen LogP contribution in [0.15, 0.2) is 48.5 Å². The number of carbonyl (C=O) groups is 2. The molecule has 2 heterocycles. The van der Waals surface area contributed by atoms with Crippen LogP contribution in [0.2, 0.25) is 0 Å². The van der Waals surface area contributed by atoms with Gasteiger partial charge in [-0.3, -0.25) is 4.79 Å². The van der Waals surface area contributed by atoms with Crippen molar-refractivity contribution in [2.45, 2.75) is 32.4 Å². The van der Waals surface area contributed by atoms with Gasteiger partial charge in [0.15, 0.2) is 0 Å². The van der Waals surface area contributed by atoms with E-state index >= 15 is 0 Å². The van der Waals surface area contributed by atoms with Crippen LogP contribution in [0.5, 0.6) is 0 Å². The highest BCUT2D eigenvalue weighted by Crippen LogP contribution is 2.28. The number of rotatable bonds is 2. The summed E-state index contributed by atoms with van der Waals surface area (Å²) in [6.45, 7) is 5.26. The molecule has 2 fully saturated rings. The van der Waals surface area contributed by atoms with E-state index in [4.69, 9.17) is 0 Å². The van der Waals surface area contributed by atoms with Gasteiger partial charge in [-0.1, -0.05) is 24.3 Å². The maximum absolute atomic E-state index is 12.8. The lowest BCUT2D eigenvalue weighted by Gasteiger charge is -2.39. The fourth-order valence-corrected chi connectivity index (χ4v) is 3.70. The number of hydrazine groups is 1. The summed E-state index contributed by atoms with van der Waals surface area (Å²) >= 11 is 0. The SMILES string of the molecule is Cc1ccc(C(=O)N2CCC3(CC2)NC(=O)N(c2ccccc2)N3)cc1C. The Labute approximate surface area is 159 Å². The van der Waals surface area contributed by atoms with E-state index in [0.29, 0.717) is 25.9 Å². The van der Waals surface area contributed by atoms with Crippen molar-refractivity contribution in [2.24, 2.45) is 0 Å². The van der Waals surface area contributed by atoms with Crippen molar-refractivity contribution in [3.05, 3.63) is 65.2 Å². The largest absolute Gasteiger partial charge is 0.338 e. The standard InChI is InChI=1S/C21H24N4O2/c1-15-8-9-17(14-16(15)2)19(26)24-12-10-21(11-13-24)22-20(27)25(23-21)18-6-4-3-5-7-18/h3-9,14,23H,10-13H2,1-2H3,(H,22,27). The number of aryl methyl sites for hydroxylation is 2. The molecule has 2 N–H and O–H groups in total. The minimum absolute atomic E-state index is 0.0530. The minimum Gasteiger partial charge on any atom is -0.338 e. The van der Waals surface area contributed by atoms with E-state index in [9.17, 15) is 9.59 Å². The van der Waals surface area contributed by atoms with Gasteiger partial charge in [-0.25, -0.2) is 15.2 Å². The summed E-state index contributed by atoms with van der Waals surface area (Å²) < 4.78 is 0. The molecular formula is C21H24N4O2. The van der Waals surface area contributed by atoms with Crippen molar-refractivity contribution in [2.75, 3.05) is 18.1 Å². The number of piperidine rings is 1. The first kappa shape index (κ1) is 17.5. The molecule has 140 valence electrons. The Morgan fingerprint density at radius 1 is 1.00 bits per heavy atom. The van der Waals surface area contributed by atoms with Crippen LogP contribution in [-0.4, -0.2) is 35.6 Å². The number of anilines is 1. The van der Waals surface area contributed by atoms with Gasteiger partial charge in [0.1, 0.15) is 5.66 Å². The van der Waals surface area contributed by atoms with E-state index in [-0.39, 0.29) is 11.9 Å². The van der Waals surface area contributed by atoms with Crippen LogP contribution in [-0.2, 0) is 0 Å². The van der Waals surface area contributed by atoms with Gasteiger partial charge in [0, 0.05) is 31.5 Å². The first-order valence-corrected chi connectivity index (χ1v) is 9.29. The van der Waals surface area contributed by atoms with E-state index in [1.165, 1.54) is 5.56 Å². The average molecular weight is 364 g/mol. The van der Waals surface area contributed by atoms with Gasteiger partial charge < -0.3 is 10.2 Å². The van der Waals surface area contributed by atoms with Gasteiger partial charge in [0.25, 0.3) is 5.91 Å². The molecule has 0 atom stereocenters. The van der Waals surface area contributed by atoms with Crippen LogP contribution in [0.25, 0.3) is 0 Å². The highest BCUT2D eigenvalue weighted by Gasteiger charge is 2.45. The lowest BCUT2D eigenvalue weighted by atomic mass is 9.97. The number of nitrogens with zero attached hydrogens (tertiary/aromatic N) is 2. The highest BCUT2D eigenvalue weighted by molar-refractivity contribution is 5.95. The number of carbonyl (C=O) groups excluding carboxylic acids is 2. The molecule has 6 heteroatoms. The first-order valence-electron chi connectivity index (χ1n) is 9.29. The molecule has 0 aliphatic carbocycles. The summed E-state index contributed by atoms with van der Waals surface area (Å²) in [6, 6.07) is 15.2. The van der Waals surface area contributed by atoms with Gasteiger partial charge in [-0.2, -0.15) is 0 Å². The van der Waals surface area contributed by atoms with E-state index < -0.39 is 5.66 Å². The summed E-state index contributed by atoms with van der Waals surface area (Å²) in [7, 11) is 0. The van der Waals surface area contributed by atoms with Crippen molar-refractivity contribution in [1.29, 1.82) is 0 Å². The molecule has 0 saturated carbocycles. The lowest BCUT2D eigenvalue weighted by Crippen LogP contribution is -2.58. The Hall–Kier alpha value is -2.86. The van der Waals surface area contributed by atoms with Gasteiger partial charge in [-0.15, -0.1) is 0 Å². The molecule has 2 aromatic carbocycles. The zero-order valence-corrected chi connectivity index (χ0v) is 15.7. The normalized spacial score (nSPS) is 18.7. The third kappa shape index (κ3) is 3.28. The van der Waals surface area contributed by atoms with Crippen LogP contribution in [0.1, 0.15) is 34.3 Å². The van der Waals surface area contributed by atoms with Gasteiger partial charge in [0.2, 0.25) is 0 Å². The molecule has 4 rings (SSSR count). The fourth-order valence-electron chi connectivity index (χ4n) is 3.70. The molecular weight excluding hydrogens is 340 g/mol. The smallest absolute Gasteiger partial charge is 0.338 e.